The molecule has 6 nitrogen and oxygen atoms in total. The number of ether oxygens (including phenoxy) is 6. The zero-order valence-corrected chi connectivity index (χ0v) is 13.8. The minimum atomic E-state index is 0.586. The molecule has 132 valence electrons. The predicted molar refractivity (Wildman–Crippen MR) is 83.4 cm³/mol. The van der Waals surface area contributed by atoms with Crippen molar-refractivity contribution in [3.8, 4) is 0 Å². The van der Waals surface area contributed by atoms with Crippen LogP contribution in [0.4, 0.5) is 0 Å². The van der Waals surface area contributed by atoms with E-state index in [2.05, 4.69) is 0 Å². The molecule has 1 aliphatic heterocycles. The van der Waals surface area contributed by atoms with Gasteiger partial charge in [0.1, 0.15) is 0 Å². The summed E-state index contributed by atoms with van der Waals surface area (Å²) in [6, 6.07) is 0. The van der Waals surface area contributed by atoms with E-state index in [1.807, 2.05) is 0 Å². The summed E-state index contributed by atoms with van der Waals surface area (Å²) < 4.78 is 32.7. The quantitative estimate of drug-likeness (QED) is 0.677. The zero-order valence-electron chi connectivity index (χ0n) is 13.8. The molecule has 0 radical (unpaired) electrons. The van der Waals surface area contributed by atoms with Crippen molar-refractivity contribution in [2.75, 3.05) is 79.3 Å². The maximum Gasteiger partial charge on any atom is 0.0701 e. The molecule has 22 heavy (non-hydrogen) atoms. The van der Waals surface area contributed by atoms with Crippen LogP contribution in [0.15, 0.2) is 0 Å². The lowest BCUT2D eigenvalue weighted by Crippen LogP contribution is -2.14. The highest BCUT2D eigenvalue weighted by atomic mass is 16.6. The first-order valence-electron chi connectivity index (χ1n) is 8.46. The summed E-state index contributed by atoms with van der Waals surface area (Å²) in [6.45, 7) is 7.77. The molecule has 0 N–H and O–H groups in total. The molecule has 0 amide bonds. The van der Waals surface area contributed by atoms with E-state index in [0.29, 0.717) is 66.1 Å². The fraction of sp³-hybridized carbons (Fsp3) is 1.00. The summed E-state index contributed by atoms with van der Waals surface area (Å²) in [5.41, 5.74) is 0. The zero-order chi connectivity index (χ0) is 15.6. The summed E-state index contributed by atoms with van der Waals surface area (Å²) in [6.07, 6.45) is 4.58. The molecule has 1 saturated heterocycles. The Balaban J connectivity index is 2.00. The van der Waals surface area contributed by atoms with Gasteiger partial charge in [-0.25, -0.2) is 0 Å². The fourth-order valence-corrected chi connectivity index (χ4v) is 1.96. The van der Waals surface area contributed by atoms with Crippen LogP contribution in [0.2, 0.25) is 0 Å². The van der Waals surface area contributed by atoms with Gasteiger partial charge < -0.3 is 28.4 Å². The Bertz CT molecular complexity index is 117. The third-order valence-electron chi connectivity index (χ3n) is 3.19. The van der Waals surface area contributed by atoms with E-state index in [-0.39, 0.29) is 0 Å². The van der Waals surface area contributed by atoms with Crippen molar-refractivity contribution in [3.05, 3.63) is 0 Å². The van der Waals surface area contributed by atoms with E-state index in [9.17, 15) is 0 Å². The molecular weight excluding hydrogens is 288 g/mol. The maximum atomic E-state index is 5.51. The first kappa shape index (κ1) is 19.8. The third-order valence-corrected chi connectivity index (χ3v) is 3.19. The van der Waals surface area contributed by atoms with Gasteiger partial charge >= 0.3 is 0 Å². The molecule has 0 saturated carbocycles. The van der Waals surface area contributed by atoms with Crippen LogP contribution in [0.3, 0.4) is 0 Å². The van der Waals surface area contributed by atoms with Crippen LogP contribution in [0.25, 0.3) is 0 Å². The molecule has 0 aromatic rings. The van der Waals surface area contributed by atoms with Gasteiger partial charge in [0, 0.05) is 13.2 Å². The fourth-order valence-electron chi connectivity index (χ4n) is 1.96. The monoisotopic (exact) mass is 320 g/mol. The minimum absolute atomic E-state index is 0.586. The molecule has 0 unspecified atom stereocenters. The highest BCUT2D eigenvalue weighted by Gasteiger charge is 1.96. The molecule has 0 bridgehead atoms. The molecule has 1 rings (SSSR count). The molecule has 0 aliphatic carbocycles. The Hall–Kier alpha value is -0.240. The van der Waals surface area contributed by atoms with Crippen LogP contribution in [-0.4, -0.2) is 79.3 Å². The SMILES string of the molecule is C1CCCOCCOCCOCCOCCOCCOCC1. The van der Waals surface area contributed by atoms with Crippen LogP contribution in [-0.2, 0) is 28.4 Å². The predicted octanol–water partition coefficient (Wildman–Crippen LogP) is 1.66. The van der Waals surface area contributed by atoms with Crippen LogP contribution in [0.1, 0.15) is 25.7 Å². The van der Waals surface area contributed by atoms with Crippen LogP contribution in [0, 0.1) is 0 Å². The van der Waals surface area contributed by atoms with Gasteiger partial charge in [-0.1, -0.05) is 12.8 Å². The van der Waals surface area contributed by atoms with Crippen LogP contribution >= 0.6 is 0 Å². The van der Waals surface area contributed by atoms with Gasteiger partial charge in [0.2, 0.25) is 0 Å². The lowest BCUT2D eigenvalue weighted by molar-refractivity contribution is -0.0176. The summed E-state index contributed by atoms with van der Waals surface area (Å²) in [7, 11) is 0. The molecule has 0 atom stereocenters. The second kappa shape index (κ2) is 17.1. The summed E-state index contributed by atoms with van der Waals surface area (Å²) >= 11 is 0. The maximum absolute atomic E-state index is 5.51. The van der Waals surface area contributed by atoms with Gasteiger partial charge in [-0.2, -0.15) is 0 Å². The molecule has 1 aliphatic rings. The van der Waals surface area contributed by atoms with E-state index >= 15 is 0 Å². The average Bonchev–Trinajstić information content (AvgIpc) is 2.53. The Morgan fingerprint density at radius 2 is 0.455 bits per heavy atom. The van der Waals surface area contributed by atoms with Crippen molar-refractivity contribution in [3.63, 3.8) is 0 Å². The highest BCUT2D eigenvalue weighted by Crippen LogP contribution is 2.00. The smallest absolute Gasteiger partial charge is 0.0701 e. The van der Waals surface area contributed by atoms with E-state index in [1.165, 1.54) is 12.8 Å². The molecule has 1 fully saturated rings. The molecule has 0 aromatic heterocycles. The topological polar surface area (TPSA) is 55.4 Å². The van der Waals surface area contributed by atoms with Gasteiger partial charge in [0.25, 0.3) is 0 Å². The lowest BCUT2D eigenvalue weighted by atomic mass is 10.2. The minimum Gasteiger partial charge on any atom is -0.379 e. The Morgan fingerprint density at radius 3 is 0.727 bits per heavy atom. The first-order chi connectivity index (χ1) is 11.0. The average molecular weight is 320 g/mol. The lowest BCUT2D eigenvalue weighted by Gasteiger charge is -2.09. The van der Waals surface area contributed by atoms with Crippen molar-refractivity contribution < 1.29 is 28.4 Å². The normalized spacial score (nSPS) is 24.0. The first-order valence-corrected chi connectivity index (χ1v) is 8.46. The van der Waals surface area contributed by atoms with Gasteiger partial charge in [-0.3, -0.25) is 0 Å². The molecular formula is C16H32O6. The number of hydrogen-bond donors (Lipinski definition) is 0. The second-order valence-corrected chi connectivity index (χ2v) is 5.09. The molecule has 0 spiro atoms. The van der Waals surface area contributed by atoms with Crippen molar-refractivity contribution >= 4 is 0 Å². The second-order valence-electron chi connectivity index (χ2n) is 5.09. The summed E-state index contributed by atoms with van der Waals surface area (Å²) in [5.74, 6) is 0. The summed E-state index contributed by atoms with van der Waals surface area (Å²) in [4.78, 5) is 0. The van der Waals surface area contributed by atoms with Crippen molar-refractivity contribution in [1.29, 1.82) is 0 Å². The van der Waals surface area contributed by atoms with Crippen LogP contribution < -0.4 is 0 Å². The summed E-state index contributed by atoms with van der Waals surface area (Å²) in [5, 5.41) is 0. The van der Waals surface area contributed by atoms with Gasteiger partial charge in [-0.15, -0.1) is 0 Å². The van der Waals surface area contributed by atoms with E-state index in [4.69, 9.17) is 28.4 Å². The highest BCUT2D eigenvalue weighted by molar-refractivity contribution is 4.44. The van der Waals surface area contributed by atoms with Gasteiger partial charge in [0.05, 0.1) is 66.1 Å². The van der Waals surface area contributed by atoms with Crippen molar-refractivity contribution in [2.45, 2.75) is 25.7 Å². The standard InChI is InChI=1S/C16H32O6/c1-2-4-6-18-8-10-20-12-14-22-16-15-21-13-11-19-9-7-17-5-3-1/h1-16H2. The van der Waals surface area contributed by atoms with Gasteiger partial charge in [0.15, 0.2) is 0 Å². The van der Waals surface area contributed by atoms with Crippen LogP contribution in [0.5, 0.6) is 0 Å². The van der Waals surface area contributed by atoms with E-state index in [0.717, 1.165) is 26.1 Å². The number of hydrogen-bond acceptors (Lipinski definition) is 6. The Morgan fingerprint density at radius 1 is 0.227 bits per heavy atom. The molecule has 0 aromatic carbocycles. The van der Waals surface area contributed by atoms with Gasteiger partial charge in [-0.05, 0) is 12.8 Å². The van der Waals surface area contributed by atoms with Crippen molar-refractivity contribution in [2.24, 2.45) is 0 Å². The van der Waals surface area contributed by atoms with Crippen molar-refractivity contribution in [1.82, 2.24) is 0 Å². The third kappa shape index (κ3) is 14.7. The Kier molecular flexibility index (Phi) is 15.4. The van der Waals surface area contributed by atoms with E-state index in [1.54, 1.807) is 0 Å². The Labute approximate surface area is 134 Å². The molecule has 6 heteroatoms. The largest absolute Gasteiger partial charge is 0.379 e. The number of rotatable bonds is 0. The molecule has 1 heterocycles. The van der Waals surface area contributed by atoms with E-state index < -0.39 is 0 Å².